The Bertz CT molecular complexity index is 295. The van der Waals surface area contributed by atoms with E-state index in [9.17, 15) is 0 Å². The molecule has 0 aromatic carbocycles. The fraction of sp³-hybridized carbons (Fsp3) is 1.00. The molecule has 0 bridgehead atoms. The molecule has 1 heterocycles. The fourth-order valence-corrected chi connectivity index (χ4v) is 4.13. The van der Waals surface area contributed by atoms with E-state index in [1.54, 1.807) is 0 Å². The fourth-order valence-electron chi connectivity index (χ4n) is 4.13. The predicted octanol–water partition coefficient (Wildman–Crippen LogP) is 2.80. The summed E-state index contributed by atoms with van der Waals surface area (Å²) in [6.45, 7) is 4.95. The average molecular weight is 280 g/mol. The van der Waals surface area contributed by atoms with Crippen LogP contribution in [0.5, 0.6) is 0 Å². The van der Waals surface area contributed by atoms with Crippen LogP contribution in [-0.4, -0.2) is 50.3 Å². The highest BCUT2D eigenvalue weighted by Crippen LogP contribution is 2.37. The third-order valence-corrected chi connectivity index (χ3v) is 5.63. The molecule has 1 atom stereocenters. The van der Waals surface area contributed by atoms with Crippen LogP contribution >= 0.6 is 0 Å². The smallest absolute Gasteiger partial charge is 0.0710 e. The van der Waals surface area contributed by atoms with Crippen LogP contribution in [0.4, 0.5) is 0 Å². The van der Waals surface area contributed by atoms with Crippen molar-refractivity contribution in [3.05, 3.63) is 0 Å². The maximum Gasteiger partial charge on any atom is 0.0710 e. The minimum atomic E-state index is 0.481. The number of nitrogens with zero attached hydrogens (tertiary/aromatic N) is 1. The Hall–Kier alpha value is -0.120. The van der Waals surface area contributed by atoms with Gasteiger partial charge in [-0.25, -0.2) is 0 Å². The molecule has 0 radical (unpaired) electrons. The van der Waals surface area contributed by atoms with Crippen LogP contribution in [0.15, 0.2) is 0 Å². The molecule has 2 saturated carbocycles. The van der Waals surface area contributed by atoms with Gasteiger partial charge >= 0.3 is 0 Å². The Labute approximate surface area is 124 Å². The molecule has 3 nitrogen and oxygen atoms in total. The lowest BCUT2D eigenvalue weighted by Gasteiger charge is -2.37. The summed E-state index contributed by atoms with van der Waals surface area (Å²) >= 11 is 0. The van der Waals surface area contributed by atoms with Crippen molar-refractivity contribution >= 4 is 0 Å². The summed E-state index contributed by atoms with van der Waals surface area (Å²) in [6, 6.07) is 0.848. The van der Waals surface area contributed by atoms with Crippen LogP contribution in [0.3, 0.4) is 0 Å². The third kappa shape index (κ3) is 3.96. The van der Waals surface area contributed by atoms with Gasteiger partial charge < -0.3 is 15.0 Å². The lowest BCUT2D eigenvalue weighted by atomic mass is 9.79. The Balaban J connectivity index is 1.58. The molecule has 2 aliphatic carbocycles. The lowest BCUT2D eigenvalue weighted by molar-refractivity contribution is 0.0920. The van der Waals surface area contributed by atoms with Crippen LogP contribution in [0.25, 0.3) is 0 Å². The average Bonchev–Trinajstić information content (AvgIpc) is 3.22. The molecule has 3 aliphatic rings. The minimum absolute atomic E-state index is 0.481. The van der Waals surface area contributed by atoms with Crippen molar-refractivity contribution in [2.75, 3.05) is 33.3 Å². The van der Waals surface area contributed by atoms with Gasteiger partial charge in [0, 0.05) is 39.3 Å². The van der Waals surface area contributed by atoms with Crippen LogP contribution < -0.4 is 5.32 Å². The molecule has 0 amide bonds. The highest BCUT2D eigenvalue weighted by Gasteiger charge is 2.36. The molecule has 0 aromatic heterocycles. The van der Waals surface area contributed by atoms with Gasteiger partial charge in [-0.05, 0) is 37.5 Å². The monoisotopic (exact) mass is 280 g/mol. The maximum atomic E-state index is 5.54. The largest absolute Gasteiger partial charge is 0.380 e. The second-order valence-electron chi connectivity index (χ2n) is 7.45. The Morgan fingerprint density at radius 1 is 1.10 bits per heavy atom. The van der Waals surface area contributed by atoms with Crippen LogP contribution in [0.1, 0.15) is 57.8 Å². The van der Waals surface area contributed by atoms with Gasteiger partial charge in [0.25, 0.3) is 0 Å². The van der Waals surface area contributed by atoms with Crippen molar-refractivity contribution in [2.45, 2.75) is 69.9 Å². The topological polar surface area (TPSA) is 24.5 Å². The van der Waals surface area contributed by atoms with Crippen LogP contribution in [0, 0.1) is 5.41 Å². The van der Waals surface area contributed by atoms with E-state index < -0.39 is 0 Å². The molecule has 20 heavy (non-hydrogen) atoms. The van der Waals surface area contributed by atoms with Crippen molar-refractivity contribution in [1.82, 2.24) is 10.2 Å². The number of nitrogens with one attached hydrogen (secondary N) is 1. The Kier molecular flexibility index (Phi) is 5.00. The SMILES string of the molecule is COC1CCN(CC2(CNC3CC3)CCCCCC2)C1. The van der Waals surface area contributed by atoms with Gasteiger partial charge in [0.1, 0.15) is 0 Å². The van der Waals surface area contributed by atoms with E-state index in [1.807, 2.05) is 7.11 Å². The van der Waals surface area contributed by atoms with Gasteiger partial charge in [0.05, 0.1) is 6.10 Å². The summed E-state index contributed by atoms with van der Waals surface area (Å²) in [4.78, 5) is 2.67. The molecule has 116 valence electrons. The summed E-state index contributed by atoms with van der Waals surface area (Å²) in [5.74, 6) is 0. The number of ether oxygens (including phenoxy) is 1. The molecular weight excluding hydrogens is 248 g/mol. The van der Waals surface area contributed by atoms with Crippen LogP contribution in [0.2, 0.25) is 0 Å². The molecule has 3 fully saturated rings. The third-order valence-electron chi connectivity index (χ3n) is 5.63. The van der Waals surface area contributed by atoms with Gasteiger partial charge in [-0.1, -0.05) is 25.7 Å². The molecule has 0 aromatic rings. The Morgan fingerprint density at radius 2 is 1.85 bits per heavy atom. The molecule has 3 heteroatoms. The summed E-state index contributed by atoms with van der Waals surface area (Å²) in [6.07, 6.45) is 13.2. The second-order valence-corrected chi connectivity index (χ2v) is 7.45. The zero-order valence-electron chi connectivity index (χ0n) is 13.2. The van der Waals surface area contributed by atoms with Crippen molar-refractivity contribution in [3.63, 3.8) is 0 Å². The lowest BCUT2D eigenvalue weighted by Crippen LogP contribution is -2.44. The van der Waals surface area contributed by atoms with Crippen molar-refractivity contribution in [3.8, 4) is 0 Å². The minimum Gasteiger partial charge on any atom is -0.380 e. The van der Waals surface area contributed by atoms with Gasteiger partial charge in [0.2, 0.25) is 0 Å². The zero-order valence-corrected chi connectivity index (χ0v) is 13.2. The number of likely N-dealkylation sites (tertiary alicyclic amines) is 1. The number of hydrogen-bond donors (Lipinski definition) is 1. The Morgan fingerprint density at radius 3 is 2.45 bits per heavy atom. The van der Waals surface area contributed by atoms with E-state index in [1.165, 1.54) is 77.4 Å². The number of methoxy groups -OCH3 is 1. The summed E-state index contributed by atoms with van der Waals surface area (Å²) in [5.41, 5.74) is 0.543. The number of hydrogen-bond acceptors (Lipinski definition) is 3. The number of rotatable bonds is 6. The summed E-state index contributed by atoms with van der Waals surface area (Å²) in [7, 11) is 1.87. The summed E-state index contributed by atoms with van der Waals surface area (Å²) in [5, 5.41) is 3.84. The first-order valence-electron chi connectivity index (χ1n) is 8.78. The quantitative estimate of drug-likeness (QED) is 0.757. The van der Waals surface area contributed by atoms with E-state index in [0.29, 0.717) is 11.5 Å². The standard InChI is InChI=1S/C17H32N2O/c1-20-16-8-11-19(12-16)14-17(13-18-15-6-7-15)9-4-2-3-5-10-17/h15-16,18H,2-14H2,1H3. The van der Waals surface area contributed by atoms with Crippen molar-refractivity contribution < 1.29 is 4.74 Å². The zero-order chi connectivity index (χ0) is 13.8. The van der Waals surface area contributed by atoms with E-state index in [0.717, 1.165) is 12.6 Å². The van der Waals surface area contributed by atoms with E-state index in [4.69, 9.17) is 4.74 Å². The predicted molar refractivity (Wildman–Crippen MR) is 83.0 cm³/mol. The molecular formula is C17H32N2O. The van der Waals surface area contributed by atoms with Crippen molar-refractivity contribution in [1.29, 1.82) is 0 Å². The van der Waals surface area contributed by atoms with Gasteiger partial charge in [-0.15, -0.1) is 0 Å². The van der Waals surface area contributed by atoms with Gasteiger partial charge in [-0.3, -0.25) is 0 Å². The highest BCUT2D eigenvalue weighted by molar-refractivity contribution is 4.92. The van der Waals surface area contributed by atoms with Gasteiger partial charge in [-0.2, -0.15) is 0 Å². The van der Waals surface area contributed by atoms with Crippen molar-refractivity contribution in [2.24, 2.45) is 5.41 Å². The molecule has 1 unspecified atom stereocenters. The molecule has 1 aliphatic heterocycles. The molecule has 3 rings (SSSR count). The first-order valence-corrected chi connectivity index (χ1v) is 8.78. The molecule has 0 spiro atoms. The highest BCUT2D eigenvalue weighted by atomic mass is 16.5. The first-order chi connectivity index (χ1) is 9.80. The molecule has 1 N–H and O–H groups in total. The van der Waals surface area contributed by atoms with Crippen LogP contribution in [-0.2, 0) is 4.74 Å². The van der Waals surface area contributed by atoms with E-state index in [2.05, 4.69) is 10.2 Å². The van der Waals surface area contributed by atoms with E-state index in [-0.39, 0.29) is 0 Å². The first kappa shape index (κ1) is 14.8. The summed E-state index contributed by atoms with van der Waals surface area (Å²) < 4.78 is 5.54. The second kappa shape index (κ2) is 6.76. The maximum absolute atomic E-state index is 5.54. The normalized spacial score (nSPS) is 31.4. The molecule has 1 saturated heterocycles. The van der Waals surface area contributed by atoms with Gasteiger partial charge in [0.15, 0.2) is 0 Å². The van der Waals surface area contributed by atoms with E-state index >= 15 is 0 Å².